The fourth-order valence-corrected chi connectivity index (χ4v) is 5.01. The van der Waals surface area contributed by atoms with E-state index in [9.17, 15) is 9.59 Å². The van der Waals surface area contributed by atoms with Crippen LogP contribution in [0.2, 0.25) is 0 Å². The van der Waals surface area contributed by atoms with Gasteiger partial charge in [-0.2, -0.15) is 0 Å². The zero-order valence-corrected chi connectivity index (χ0v) is 17.8. The standard InChI is InChI=1S/C22H29N3O2S/c1-4-8-18-16(5-2)13-19(28-18)22(27)25-12-7-10-17(14-25)21(26)24-20-11-6-9-15(3)23-20/h6,9,11,13,17H,4-5,7-8,10,12,14H2,1-3H3,(H,23,24,26). The van der Waals surface area contributed by atoms with Crippen molar-refractivity contribution >= 4 is 29.0 Å². The molecule has 1 unspecified atom stereocenters. The number of likely N-dealkylation sites (tertiary alicyclic amines) is 1. The van der Waals surface area contributed by atoms with E-state index in [1.807, 2.05) is 24.0 Å². The van der Waals surface area contributed by atoms with Crippen LogP contribution in [0.4, 0.5) is 5.82 Å². The summed E-state index contributed by atoms with van der Waals surface area (Å²) in [7, 11) is 0. The molecule has 1 atom stereocenters. The Morgan fingerprint density at radius 1 is 1.32 bits per heavy atom. The van der Waals surface area contributed by atoms with Crippen LogP contribution < -0.4 is 5.32 Å². The Morgan fingerprint density at radius 2 is 2.14 bits per heavy atom. The molecular weight excluding hydrogens is 370 g/mol. The summed E-state index contributed by atoms with van der Waals surface area (Å²) in [6.07, 6.45) is 4.70. The molecule has 5 nitrogen and oxygen atoms in total. The second-order valence-electron chi connectivity index (χ2n) is 7.41. The lowest BCUT2D eigenvalue weighted by molar-refractivity contribution is -0.121. The first-order valence-electron chi connectivity index (χ1n) is 10.2. The fourth-order valence-electron chi connectivity index (χ4n) is 3.68. The maximum atomic E-state index is 13.0. The molecule has 0 radical (unpaired) electrons. The number of hydrogen-bond acceptors (Lipinski definition) is 4. The third-order valence-electron chi connectivity index (χ3n) is 5.18. The number of aryl methyl sites for hydroxylation is 3. The lowest BCUT2D eigenvalue weighted by Crippen LogP contribution is -2.43. The van der Waals surface area contributed by atoms with Gasteiger partial charge in [0.2, 0.25) is 5.91 Å². The molecular formula is C22H29N3O2S. The second-order valence-corrected chi connectivity index (χ2v) is 8.54. The number of carbonyl (C=O) groups is 2. The number of nitrogens with one attached hydrogen (secondary N) is 1. The molecule has 1 N–H and O–H groups in total. The third kappa shape index (κ3) is 4.79. The quantitative estimate of drug-likeness (QED) is 0.780. The maximum Gasteiger partial charge on any atom is 0.263 e. The molecule has 2 aromatic rings. The van der Waals surface area contributed by atoms with Gasteiger partial charge in [-0.3, -0.25) is 9.59 Å². The second kappa shape index (κ2) is 9.32. The van der Waals surface area contributed by atoms with Crippen molar-refractivity contribution < 1.29 is 9.59 Å². The number of aromatic nitrogens is 1. The van der Waals surface area contributed by atoms with Crippen LogP contribution in [-0.2, 0) is 17.6 Å². The maximum absolute atomic E-state index is 13.0. The average molecular weight is 400 g/mol. The van der Waals surface area contributed by atoms with Gasteiger partial charge in [-0.05, 0) is 56.4 Å². The summed E-state index contributed by atoms with van der Waals surface area (Å²) < 4.78 is 0. The molecule has 3 heterocycles. The van der Waals surface area contributed by atoms with Crippen LogP contribution in [0.3, 0.4) is 0 Å². The predicted molar refractivity (Wildman–Crippen MR) is 114 cm³/mol. The molecule has 1 saturated heterocycles. The van der Waals surface area contributed by atoms with Crippen LogP contribution in [0, 0.1) is 12.8 Å². The Hall–Kier alpha value is -2.21. The van der Waals surface area contributed by atoms with Gasteiger partial charge >= 0.3 is 0 Å². The molecule has 2 aromatic heterocycles. The Kier molecular flexibility index (Phi) is 6.83. The van der Waals surface area contributed by atoms with Gasteiger partial charge in [-0.15, -0.1) is 11.3 Å². The van der Waals surface area contributed by atoms with Crippen LogP contribution in [0.25, 0.3) is 0 Å². The summed E-state index contributed by atoms with van der Waals surface area (Å²) in [5, 5.41) is 2.91. The number of amides is 2. The molecule has 0 aliphatic carbocycles. The summed E-state index contributed by atoms with van der Waals surface area (Å²) in [5.41, 5.74) is 2.15. The first-order valence-corrected chi connectivity index (χ1v) is 11.0. The number of nitrogens with zero attached hydrogens (tertiary/aromatic N) is 2. The van der Waals surface area contributed by atoms with Crippen LogP contribution >= 0.6 is 11.3 Å². The minimum Gasteiger partial charge on any atom is -0.337 e. The van der Waals surface area contributed by atoms with E-state index in [-0.39, 0.29) is 17.7 Å². The van der Waals surface area contributed by atoms with E-state index in [1.54, 1.807) is 17.4 Å². The SMILES string of the molecule is CCCc1sc(C(=O)N2CCCC(C(=O)Nc3cccc(C)n3)C2)cc1CC. The molecule has 28 heavy (non-hydrogen) atoms. The van der Waals surface area contributed by atoms with E-state index in [0.717, 1.165) is 42.7 Å². The van der Waals surface area contributed by atoms with Crippen LogP contribution in [-0.4, -0.2) is 34.8 Å². The van der Waals surface area contributed by atoms with Crippen molar-refractivity contribution in [3.8, 4) is 0 Å². The van der Waals surface area contributed by atoms with Crippen molar-refractivity contribution in [2.75, 3.05) is 18.4 Å². The number of piperidine rings is 1. The molecule has 2 amide bonds. The van der Waals surface area contributed by atoms with Crippen molar-refractivity contribution in [1.29, 1.82) is 0 Å². The Labute approximate surface area is 171 Å². The van der Waals surface area contributed by atoms with Gasteiger partial charge < -0.3 is 10.2 Å². The molecule has 1 aliphatic rings. The van der Waals surface area contributed by atoms with E-state index in [1.165, 1.54) is 10.4 Å². The zero-order valence-electron chi connectivity index (χ0n) is 17.0. The van der Waals surface area contributed by atoms with Gasteiger partial charge in [0.15, 0.2) is 0 Å². The summed E-state index contributed by atoms with van der Waals surface area (Å²) in [5.74, 6) is 0.389. The monoisotopic (exact) mass is 399 g/mol. The molecule has 0 saturated carbocycles. The zero-order chi connectivity index (χ0) is 20.1. The number of carbonyl (C=O) groups excluding carboxylic acids is 2. The number of thiophene rings is 1. The van der Waals surface area contributed by atoms with Gasteiger partial charge in [-0.25, -0.2) is 4.98 Å². The van der Waals surface area contributed by atoms with Crippen molar-refractivity contribution in [1.82, 2.24) is 9.88 Å². The van der Waals surface area contributed by atoms with Crippen LogP contribution in [0.5, 0.6) is 0 Å². The Balaban J connectivity index is 1.67. The number of anilines is 1. The van der Waals surface area contributed by atoms with E-state index < -0.39 is 0 Å². The van der Waals surface area contributed by atoms with Crippen LogP contribution in [0.1, 0.15) is 58.9 Å². The lowest BCUT2D eigenvalue weighted by Gasteiger charge is -2.31. The summed E-state index contributed by atoms with van der Waals surface area (Å²) in [4.78, 5) is 34.1. The molecule has 0 aromatic carbocycles. The van der Waals surface area contributed by atoms with Crippen LogP contribution in [0.15, 0.2) is 24.3 Å². The minimum atomic E-state index is -0.194. The van der Waals surface area contributed by atoms with Gasteiger partial charge in [0, 0.05) is 23.7 Å². The van der Waals surface area contributed by atoms with Crippen molar-refractivity contribution in [2.45, 2.75) is 52.9 Å². The van der Waals surface area contributed by atoms with E-state index >= 15 is 0 Å². The highest BCUT2D eigenvalue weighted by atomic mass is 32.1. The first-order chi connectivity index (χ1) is 13.5. The molecule has 1 fully saturated rings. The van der Waals surface area contributed by atoms with Gasteiger partial charge in [0.25, 0.3) is 5.91 Å². The Bertz CT molecular complexity index is 846. The third-order valence-corrected chi connectivity index (χ3v) is 6.41. The highest BCUT2D eigenvalue weighted by Gasteiger charge is 2.30. The highest BCUT2D eigenvalue weighted by Crippen LogP contribution is 2.28. The predicted octanol–water partition coefficient (Wildman–Crippen LogP) is 4.46. The molecule has 150 valence electrons. The first kappa shape index (κ1) is 20.5. The smallest absolute Gasteiger partial charge is 0.263 e. The average Bonchev–Trinajstić information content (AvgIpc) is 3.11. The summed E-state index contributed by atoms with van der Waals surface area (Å²) in [6.45, 7) is 7.38. The topological polar surface area (TPSA) is 62.3 Å². The molecule has 0 bridgehead atoms. The van der Waals surface area contributed by atoms with Gasteiger partial charge in [0.1, 0.15) is 5.82 Å². The van der Waals surface area contributed by atoms with Gasteiger partial charge in [-0.1, -0.05) is 26.3 Å². The van der Waals surface area contributed by atoms with Crippen molar-refractivity contribution in [3.63, 3.8) is 0 Å². The van der Waals surface area contributed by atoms with Gasteiger partial charge in [0.05, 0.1) is 10.8 Å². The Morgan fingerprint density at radius 3 is 2.86 bits per heavy atom. The van der Waals surface area contributed by atoms with E-state index in [0.29, 0.717) is 18.9 Å². The minimum absolute atomic E-state index is 0.0531. The molecule has 6 heteroatoms. The molecule has 3 rings (SSSR count). The highest BCUT2D eigenvalue weighted by molar-refractivity contribution is 7.14. The molecule has 0 spiro atoms. The number of hydrogen-bond donors (Lipinski definition) is 1. The lowest BCUT2D eigenvalue weighted by atomic mass is 9.97. The van der Waals surface area contributed by atoms with Crippen molar-refractivity contribution in [3.05, 3.63) is 45.3 Å². The normalized spacial score (nSPS) is 16.8. The summed E-state index contributed by atoms with van der Waals surface area (Å²) in [6, 6.07) is 7.63. The molecule has 1 aliphatic heterocycles. The summed E-state index contributed by atoms with van der Waals surface area (Å²) >= 11 is 1.62. The van der Waals surface area contributed by atoms with Crippen molar-refractivity contribution in [2.24, 2.45) is 5.92 Å². The fraction of sp³-hybridized carbons (Fsp3) is 0.500. The number of pyridine rings is 1. The van der Waals surface area contributed by atoms with E-state index in [4.69, 9.17) is 0 Å². The number of rotatable bonds is 6. The largest absolute Gasteiger partial charge is 0.337 e. The van der Waals surface area contributed by atoms with E-state index in [2.05, 4.69) is 30.2 Å².